The fraction of sp³-hybridized carbons (Fsp3) is 0.507. The van der Waals surface area contributed by atoms with Gasteiger partial charge >= 0.3 is 30.3 Å². The molecule has 0 unspecified atom stereocenters. The number of benzene rings is 3. The maximum absolute atomic E-state index is 14.6. The first-order chi connectivity index (χ1) is 47.1. The number of thiophene rings is 1. The number of imidazole rings is 2. The normalized spacial score (nSPS) is 18.6. The predicted molar refractivity (Wildman–Crippen MR) is 375 cm³/mol. The number of urea groups is 1. The molecule has 7 N–H and O–H groups in total. The summed E-state index contributed by atoms with van der Waals surface area (Å²) < 4.78 is 14.2. The van der Waals surface area contributed by atoms with Crippen LogP contribution in [0.15, 0.2) is 97.3 Å². The molecule has 1 saturated carbocycles. The molecule has 526 valence electrons. The Balaban J connectivity index is 0.000000853. The van der Waals surface area contributed by atoms with Crippen molar-refractivity contribution in [3.63, 3.8) is 0 Å². The minimum Gasteiger partial charge on any atom is -0.477 e. The third-order valence-corrected chi connectivity index (χ3v) is 20.5. The molecule has 10 rings (SSSR count). The first-order valence-electron chi connectivity index (χ1n) is 34.3. The molecule has 8 amide bonds. The highest BCUT2D eigenvalue weighted by atomic mass is 32.1. The van der Waals surface area contributed by atoms with Gasteiger partial charge in [-0.25, -0.2) is 33.9 Å². The summed E-state index contributed by atoms with van der Waals surface area (Å²) in [5.41, 5.74) is 6.75. The molecule has 3 aromatic carbocycles. The number of ether oxygens (including phenoxy) is 3. The number of aromatic amines is 2. The van der Waals surface area contributed by atoms with Crippen LogP contribution in [0.25, 0.3) is 44.1 Å². The van der Waals surface area contributed by atoms with Gasteiger partial charge in [-0.1, -0.05) is 127 Å². The molecule has 0 radical (unpaired) electrons. The Hall–Kier alpha value is -9.26. The van der Waals surface area contributed by atoms with Crippen LogP contribution < -0.4 is 26.2 Å². The number of aromatic nitrogens is 4. The SMILES string of the molecule is COC(=O)NC(C(C)C)C(C)C.COC(=O)N[C@@H](CCNC(=O)N1CCC(N(C(=O)C2CCC(C)CC2)c2cc(-c3ccccc3)sc2C(=O)O)CC1)C(=O)N1CCC[C@H]1c1ncc(-c2ccc(-c3ccc(-c4cnc([C@@H]5CCCN5C(=O)[C@@H](NC(=O)OC)C(C)C)[nH]4)cc3)cc2)[nH]1. The lowest BCUT2D eigenvalue weighted by Crippen LogP contribution is -2.53. The molecular formula is C73H96N12O12S. The van der Waals surface area contributed by atoms with Crippen molar-refractivity contribution in [3.8, 4) is 44.1 Å². The molecule has 3 aliphatic heterocycles. The number of carboxylic acids is 1. The van der Waals surface area contributed by atoms with Gasteiger partial charge in [0, 0.05) is 55.6 Å². The van der Waals surface area contributed by atoms with E-state index < -0.39 is 30.2 Å². The molecule has 6 heterocycles. The number of hydrogen-bond acceptors (Lipinski definition) is 14. The van der Waals surface area contributed by atoms with Crippen molar-refractivity contribution in [2.45, 2.75) is 155 Å². The largest absolute Gasteiger partial charge is 0.477 e. The Morgan fingerprint density at radius 2 is 1.10 bits per heavy atom. The number of carboxylic acid groups (broad SMARTS) is 1. The smallest absolute Gasteiger partial charge is 0.407 e. The molecule has 3 saturated heterocycles. The zero-order valence-corrected chi connectivity index (χ0v) is 58.7. The van der Waals surface area contributed by atoms with E-state index in [9.17, 15) is 43.5 Å². The molecule has 4 fully saturated rings. The summed E-state index contributed by atoms with van der Waals surface area (Å²) in [5, 5.41) is 21.6. The molecule has 98 heavy (non-hydrogen) atoms. The van der Waals surface area contributed by atoms with Crippen molar-refractivity contribution >= 4 is 65.0 Å². The molecule has 0 spiro atoms. The van der Waals surface area contributed by atoms with Crippen molar-refractivity contribution in [2.75, 3.05) is 59.0 Å². The first kappa shape index (κ1) is 73.0. The maximum atomic E-state index is 14.6. The Morgan fingerprint density at radius 1 is 0.602 bits per heavy atom. The topological polar surface area (TPSA) is 303 Å². The fourth-order valence-electron chi connectivity index (χ4n) is 13.9. The van der Waals surface area contributed by atoms with Gasteiger partial charge in [-0.3, -0.25) is 14.4 Å². The molecule has 24 nitrogen and oxygen atoms in total. The second kappa shape index (κ2) is 33.8. The van der Waals surface area contributed by atoms with E-state index in [0.717, 1.165) is 100 Å². The number of nitrogens with one attached hydrogen (secondary N) is 6. The van der Waals surface area contributed by atoms with Crippen LogP contribution in [0.5, 0.6) is 0 Å². The van der Waals surface area contributed by atoms with Crippen LogP contribution in [0.2, 0.25) is 0 Å². The summed E-state index contributed by atoms with van der Waals surface area (Å²) in [4.78, 5) is 129. The number of rotatable bonds is 21. The zero-order valence-electron chi connectivity index (χ0n) is 57.9. The molecule has 3 aromatic heterocycles. The van der Waals surface area contributed by atoms with Gasteiger partial charge in [0.15, 0.2) is 0 Å². The average molecular weight is 1370 g/mol. The summed E-state index contributed by atoms with van der Waals surface area (Å²) in [6.07, 6.45) is 9.06. The molecule has 25 heteroatoms. The number of piperidine rings is 1. The Morgan fingerprint density at radius 3 is 1.60 bits per heavy atom. The van der Waals surface area contributed by atoms with Gasteiger partial charge in [-0.15, -0.1) is 11.3 Å². The average Bonchev–Trinajstić information content (AvgIpc) is 1.58. The number of H-pyrrole nitrogens is 2. The standard InChI is InChI=1S/C64H77N11O10S.C9H19NO2/c1-38(2)54(71-64(83)85-5)60(78)74-32-10-14-51(74)57-67-37-49(69-57)43-25-21-41(22-26-43)40-19-23-42(24-20-40)48-36-66-56(68-48)50-13-9-31-73(50)59(77)47(70-63(82)84-4)27-30-65-62(81)72-33-28-46(29-34-72)75(58(76)45-17-15-39(3)16-18-45)52-35-53(86-55(52)61(79)80)44-11-7-6-8-12-44;1-6(2)8(7(3)4)10-9(11)12-5/h6-8,11-12,19-26,35-39,45-47,50-51,54H,9-10,13-18,27-34H2,1-5H3,(H,65,81)(H,66,68)(H,67,69)(H,70,82)(H,71,83)(H,79,80);6-8H,1-5H3,(H,10,11)/t39?,45?,47-,50-,51-,54-;/m0./s1. The number of alkyl carbamates (subject to hydrolysis) is 3. The van der Waals surface area contributed by atoms with Gasteiger partial charge < -0.3 is 70.2 Å². The molecule has 6 aromatic rings. The van der Waals surface area contributed by atoms with Gasteiger partial charge in [0.1, 0.15) is 28.6 Å². The Bertz CT molecular complexity index is 3680. The number of aromatic carboxylic acids is 1. The van der Waals surface area contributed by atoms with E-state index in [4.69, 9.17) is 19.4 Å². The fourth-order valence-corrected chi connectivity index (χ4v) is 14.9. The summed E-state index contributed by atoms with van der Waals surface area (Å²) in [6, 6.07) is 24.8. The molecule has 1 aliphatic carbocycles. The number of carbonyl (C=O) groups excluding carboxylic acids is 7. The monoisotopic (exact) mass is 1360 g/mol. The van der Waals surface area contributed by atoms with Crippen LogP contribution in [-0.2, 0) is 28.6 Å². The quantitative estimate of drug-likeness (QED) is 0.0330. The number of carbonyl (C=O) groups is 8. The van der Waals surface area contributed by atoms with Crippen molar-refractivity contribution in [1.82, 2.24) is 55.9 Å². The van der Waals surface area contributed by atoms with Crippen molar-refractivity contribution in [3.05, 3.63) is 114 Å². The van der Waals surface area contributed by atoms with Crippen LogP contribution in [0, 0.1) is 29.6 Å². The van der Waals surface area contributed by atoms with Crippen molar-refractivity contribution in [1.29, 1.82) is 0 Å². The third-order valence-electron chi connectivity index (χ3n) is 19.3. The van der Waals surface area contributed by atoms with E-state index in [1.165, 1.54) is 21.3 Å². The van der Waals surface area contributed by atoms with E-state index >= 15 is 0 Å². The zero-order chi connectivity index (χ0) is 70.3. The van der Waals surface area contributed by atoms with Crippen LogP contribution in [-0.4, -0.2) is 166 Å². The molecule has 4 atom stereocenters. The van der Waals surface area contributed by atoms with Crippen LogP contribution in [0.4, 0.5) is 24.9 Å². The second-order valence-corrected chi connectivity index (χ2v) is 28.0. The number of amides is 8. The second-order valence-electron chi connectivity index (χ2n) is 27.0. The number of anilines is 1. The number of nitrogens with zero attached hydrogens (tertiary/aromatic N) is 6. The van der Waals surface area contributed by atoms with Crippen molar-refractivity contribution < 1.29 is 57.7 Å². The van der Waals surface area contributed by atoms with Gasteiger partial charge in [0.2, 0.25) is 17.7 Å². The van der Waals surface area contributed by atoms with Crippen LogP contribution in [0.1, 0.15) is 152 Å². The summed E-state index contributed by atoms with van der Waals surface area (Å²) in [7, 11) is 3.89. The summed E-state index contributed by atoms with van der Waals surface area (Å²) >= 11 is 1.16. The van der Waals surface area contributed by atoms with Gasteiger partial charge in [0.05, 0.1) is 62.9 Å². The molecule has 0 bridgehead atoms. The lowest BCUT2D eigenvalue weighted by Gasteiger charge is -2.40. The van der Waals surface area contributed by atoms with Crippen LogP contribution in [0.3, 0.4) is 0 Å². The van der Waals surface area contributed by atoms with Gasteiger partial charge in [0.25, 0.3) is 0 Å². The van der Waals surface area contributed by atoms with E-state index in [1.807, 2.05) is 98.8 Å². The summed E-state index contributed by atoms with van der Waals surface area (Å²) in [5.74, 6) is 0.724. The highest BCUT2D eigenvalue weighted by Gasteiger charge is 2.41. The van der Waals surface area contributed by atoms with E-state index in [-0.39, 0.29) is 83.7 Å². The lowest BCUT2D eigenvalue weighted by atomic mass is 9.82. The summed E-state index contributed by atoms with van der Waals surface area (Å²) in [6.45, 7) is 16.0. The minimum atomic E-state index is -1.09. The lowest BCUT2D eigenvalue weighted by molar-refractivity contribution is -0.135. The van der Waals surface area contributed by atoms with Crippen LogP contribution >= 0.6 is 11.3 Å². The van der Waals surface area contributed by atoms with Crippen molar-refractivity contribution in [2.24, 2.45) is 29.6 Å². The van der Waals surface area contributed by atoms with Gasteiger partial charge in [-0.2, -0.15) is 0 Å². The highest BCUT2D eigenvalue weighted by Crippen LogP contribution is 2.42. The maximum Gasteiger partial charge on any atom is 0.407 e. The third kappa shape index (κ3) is 17.9. The molecule has 4 aliphatic rings. The number of hydrogen-bond donors (Lipinski definition) is 7. The highest BCUT2D eigenvalue weighted by molar-refractivity contribution is 7.18. The number of likely N-dealkylation sites (tertiary alicyclic amines) is 3. The number of methoxy groups -OCH3 is 3. The minimum absolute atomic E-state index is 0.0605. The van der Waals surface area contributed by atoms with E-state index in [2.05, 4.69) is 70.6 Å². The first-order valence-corrected chi connectivity index (χ1v) is 35.1. The van der Waals surface area contributed by atoms with Gasteiger partial charge in [-0.05, 0) is 128 Å². The predicted octanol–water partition coefficient (Wildman–Crippen LogP) is 12.4. The van der Waals surface area contributed by atoms with E-state index in [1.54, 1.807) is 32.0 Å². The van der Waals surface area contributed by atoms with E-state index in [0.29, 0.717) is 80.5 Å². The molecular weight excluding hydrogens is 1270 g/mol. The Labute approximate surface area is 577 Å². The Kier molecular flexibility index (Phi) is 25.2.